The van der Waals surface area contributed by atoms with Crippen molar-refractivity contribution in [2.75, 3.05) is 32.6 Å². The van der Waals surface area contributed by atoms with Gasteiger partial charge in [-0.3, -0.25) is 4.79 Å². The second-order valence-electron chi connectivity index (χ2n) is 3.91. The first kappa shape index (κ1) is 13.4. The summed E-state index contributed by atoms with van der Waals surface area (Å²) in [5, 5.41) is 0. The second kappa shape index (κ2) is 5.63. The number of hydrogen-bond acceptors (Lipinski definition) is 4. The number of rotatable bonds is 4. The minimum atomic E-state index is -0.645. The van der Waals surface area contributed by atoms with Gasteiger partial charge in [0.25, 0.3) is 0 Å². The topological polar surface area (TPSA) is 55.6 Å². The minimum absolute atomic E-state index is 0.0803. The van der Waals surface area contributed by atoms with Crippen LogP contribution >= 0.6 is 0 Å². The molecule has 94 valence electrons. The van der Waals surface area contributed by atoms with Crippen LogP contribution in [-0.4, -0.2) is 33.7 Å². The van der Waals surface area contributed by atoms with Crippen LogP contribution in [-0.2, 0) is 9.53 Å². The van der Waals surface area contributed by atoms with Gasteiger partial charge in [-0.25, -0.2) is 4.39 Å². The van der Waals surface area contributed by atoms with Crippen molar-refractivity contribution in [1.29, 1.82) is 0 Å². The van der Waals surface area contributed by atoms with E-state index in [9.17, 15) is 9.18 Å². The van der Waals surface area contributed by atoms with Crippen LogP contribution in [0.5, 0.6) is 0 Å². The molecular weight excluding hydrogens is 223 g/mol. The molecule has 0 saturated heterocycles. The maximum atomic E-state index is 13.3. The smallest absolute Gasteiger partial charge is 0.314 e. The molecule has 1 atom stereocenters. The van der Waals surface area contributed by atoms with Gasteiger partial charge in [0, 0.05) is 26.3 Å². The highest BCUT2D eigenvalue weighted by molar-refractivity contribution is 5.81. The summed E-state index contributed by atoms with van der Waals surface area (Å²) in [4.78, 5) is 13.4. The van der Waals surface area contributed by atoms with Gasteiger partial charge < -0.3 is 15.4 Å². The summed E-state index contributed by atoms with van der Waals surface area (Å²) in [6, 6.07) is 4.30. The zero-order valence-corrected chi connectivity index (χ0v) is 10.2. The van der Waals surface area contributed by atoms with Gasteiger partial charge in [0.15, 0.2) is 0 Å². The average Bonchev–Trinajstić information content (AvgIpc) is 2.29. The van der Waals surface area contributed by atoms with E-state index in [4.69, 9.17) is 5.73 Å². The van der Waals surface area contributed by atoms with Gasteiger partial charge in [0.1, 0.15) is 5.82 Å². The Bertz CT molecular complexity index is 407. The Morgan fingerprint density at radius 2 is 2.18 bits per heavy atom. The summed E-state index contributed by atoms with van der Waals surface area (Å²) in [6.07, 6.45) is 0. The first-order valence-corrected chi connectivity index (χ1v) is 5.26. The van der Waals surface area contributed by atoms with Crippen molar-refractivity contribution in [3.8, 4) is 0 Å². The lowest BCUT2D eigenvalue weighted by atomic mass is 9.97. The molecule has 0 aliphatic heterocycles. The molecule has 0 radical (unpaired) electrons. The predicted molar refractivity (Wildman–Crippen MR) is 64.5 cm³/mol. The molecule has 0 bridgehead atoms. The zero-order chi connectivity index (χ0) is 13.0. The fourth-order valence-corrected chi connectivity index (χ4v) is 1.70. The van der Waals surface area contributed by atoms with E-state index in [2.05, 4.69) is 4.74 Å². The van der Waals surface area contributed by atoms with E-state index in [1.54, 1.807) is 11.0 Å². The number of hydrogen-bond donors (Lipinski definition) is 1. The first-order valence-electron chi connectivity index (χ1n) is 5.26. The van der Waals surface area contributed by atoms with Crippen LogP contribution in [0.2, 0.25) is 0 Å². The molecule has 1 aromatic rings. The number of carbonyl (C=O) groups is 1. The largest absolute Gasteiger partial charge is 0.469 e. The van der Waals surface area contributed by atoms with Crippen LogP contribution in [0.15, 0.2) is 18.2 Å². The monoisotopic (exact) mass is 240 g/mol. The number of ether oxygens (including phenoxy) is 1. The van der Waals surface area contributed by atoms with Gasteiger partial charge in [0.05, 0.1) is 13.0 Å². The predicted octanol–water partition coefficient (Wildman–Crippen LogP) is 1.11. The Morgan fingerprint density at radius 3 is 2.65 bits per heavy atom. The Hall–Kier alpha value is -1.62. The first-order chi connectivity index (χ1) is 8.01. The standard InChI is InChI=1S/C12H17FN2O2/c1-15(2)11-5-4-8(13)6-9(11)10(7-14)12(16)17-3/h4-6,10H,7,14H2,1-3H3. The summed E-state index contributed by atoms with van der Waals surface area (Å²) in [6.45, 7) is 0.0803. The molecular formula is C12H17FN2O2. The highest BCUT2D eigenvalue weighted by atomic mass is 19.1. The van der Waals surface area contributed by atoms with Crippen LogP contribution in [0.4, 0.5) is 10.1 Å². The summed E-state index contributed by atoms with van der Waals surface area (Å²) in [5.41, 5.74) is 6.86. The van der Waals surface area contributed by atoms with E-state index in [1.807, 2.05) is 14.1 Å². The van der Waals surface area contributed by atoms with Crippen molar-refractivity contribution in [1.82, 2.24) is 0 Å². The molecule has 0 spiro atoms. The maximum absolute atomic E-state index is 13.3. The van der Waals surface area contributed by atoms with Crippen molar-refractivity contribution >= 4 is 11.7 Å². The van der Waals surface area contributed by atoms with Crippen molar-refractivity contribution < 1.29 is 13.9 Å². The normalized spacial score (nSPS) is 12.1. The molecule has 0 amide bonds. The molecule has 2 N–H and O–H groups in total. The molecule has 17 heavy (non-hydrogen) atoms. The highest BCUT2D eigenvalue weighted by Gasteiger charge is 2.23. The van der Waals surface area contributed by atoms with Crippen molar-refractivity contribution in [2.45, 2.75) is 5.92 Å². The summed E-state index contributed by atoms with van der Waals surface area (Å²) in [5.74, 6) is -1.50. The molecule has 0 fully saturated rings. The van der Waals surface area contributed by atoms with Crippen LogP contribution in [0, 0.1) is 5.82 Å². The summed E-state index contributed by atoms with van der Waals surface area (Å²) in [7, 11) is 4.93. The molecule has 0 aliphatic carbocycles. The quantitative estimate of drug-likeness (QED) is 0.801. The van der Waals surface area contributed by atoms with E-state index in [0.717, 1.165) is 5.69 Å². The van der Waals surface area contributed by atoms with Gasteiger partial charge in [-0.2, -0.15) is 0 Å². The highest BCUT2D eigenvalue weighted by Crippen LogP contribution is 2.27. The molecule has 1 aromatic carbocycles. The molecule has 4 nitrogen and oxygen atoms in total. The Labute approximate surface area is 100 Å². The molecule has 1 rings (SSSR count). The van der Waals surface area contributed by atoms with E-state index in [0.29, 0.717) is 5.56 Å². The molecule has 0 aliphatic rings. The lowest BCUT2D eigenvalue weighted by Crippen LogP contribution is -2.25. The number of nitrogens with zero attached hydrogens (tertiary/aromatic N) is 1. The van der Waals surface area contributed by atoms with Crippen molar-refractivity contribution in [2.24, 2.45) is 5.73 Å². The SMILES string of the molecule is COC(=O)C(CN)c1cc(F)ccc1N(C)C. The average molecular weight is 240 g/mol. The molecule has 0 heterocycles. The van der Waals surface area contributed by atoms with Gasteiger partial charge in [-0.15, -0.1) is 0 Å². The maximum Gasteiger partial charge on any atom is 0.314 e. The number of carbonyl (C=O) groups excluding carboxylic acids is 1. The lowest BCUT2D eigenvalue weighted by Gasteiger charge is -2.21. The van der Waals surface area contributed by atoms with E-state index in [1.165, 1.54) is 19.2 Å². The number of anilines is 1. The molecule has 5 heteroatoms. The zero-order valence-electron chi connectivity index (χ0n) is 10.2. The van der Waals surface area contributed by atoms with Gasteiger partial charge in [-0.05, 0) is 23.8 Å². The van der Waals surface area contributed by atoms with Gasteiger partial charge >= 0.3 is 5.97 Å². The number of benzene rings is 1. The third-order valence-corrected chi connectivity index (χ3v) is 2.57. The summed E-state index contributed by atoms with van der Waals surface area (Å²) < 4.78 is 17.9. The number of nitrogens with two attached hydrogens (primary N) is 1. The fraction of sp³-hybridized carbons (Fsp3) is 0.417. The Kier molecular flexibility index (Phi) is 4.45. The van der Waals surface area contributed by atoms with Crippen LogP contribution in [0.25, 0.3) is 0 Å². The summed E-state index contributed by atoms with van der Waals surface area (Å²) >= 11 is 0. The Balaban J connectivity index is 3.25. The second-order valence-corrected chi connectivity index (χ2v) is 3.91. The van der Waals surface area contributed by atoms with E-state index in [-0.39, 0.29) is 6.54 Å². The Morgan fingerprint density at radius 1 is 1.53 bits per heavy atom. The molecule has 1 unspecified atom stereocenters. The third kappa shape index (κ3) is 2.94. The van der Waals surface area contributed by atoms with E-state index < -0.39 is 17.7 Å². The van der Waals surface area contributed by atoms with Crippen LogP contribution in [0.1, 0.15) is 11.5 Å². The van der Waals surface area contributed by atoms with Crippen LogP contribution < -0.4 is 10.6 Å². The number of esters is 1. The van der Waals surface area contributed by atoms with Crippen molar-refractivity contribution in [3.05, 3.63) is 29.6 Å². The van der Waals surface area contributed by atoms with Gasteiger partial charge in [-0.1, -0.05) is 0 Å². The lowest BCUT2D eigenvalue weighted by molar-refractivity contribution is -0.142. The van der Waals surface area contributed by atoms with Crippen molar-refractivity contribution in [3.63, 3.8) is 0 Å². The van der Waals surface area contributed by atoms with E-state index >= 15 is 0 Å². The van der Waals surface area contributed by atoms with Crippen LogP contribution in [0.3, 0.4) is 0 Å². The number of halogens is 1. The fourth-order valence-electron chi connectivity index (χ4n) is 1.70. The molecule has 0 saturated carbocycles. The molecule has 0 aromatic heterocycles. The third-order valence-electron chi connectivity index (χ3n) is 2.57. The number of methoxy groups -OCH3 is 1. The van der Waals surface area contributed by atoms with Gasteiger partial charge in [0.2, 0.25) is 0 Å². The minimum Gasteiger partial charge on any atom is -0.469 e.